The molecule has 0 bridgehead atoms. The molecule has 5 nitrogen and oxygen atoms in total. The van der Waals surface area contributed by atoms with Crippen LogP contribution < -0.4 is 10.2 Å². The summed E-state index contributed by atoms with van der Waals surface area (Å²) in [5.74, 6) is -0.698. The van der Waals surface area contributed by atoms with E-state index < -0.39 is 5.41 Å². The van der Waals surface area contributed by atoms with Gasteiger partial charge in [0.15, 0.2) is 11.6 Å². The molecule has 3 aromatic carbocycles. The lowest BCUT2D eigenvalue weighted by Crippen LogP contribution is -2.48. The van der Waals surface area contributed by atoms with E-state index in [0.717, 1.165) is 11.1 Å². The minimum absolute atomic E-state index is 0.211. The summed E-state index contributed by atoms with van der Waals surface area (Å²) in [6.45, 7) is 0. The summed E-state index contributed by atoms with van der Waals surface area (Å²) in [7, 11) is 1.71. The first-order valence-electron chi connectivity index (χ1n) is 10.5. The summed E-state index contributed by atoms with van der Waals surface area (Å²) in [4.78, 5) is 43.4. The zero-order chi connectivity index (χ0) is 21.8. The number of nitrogens with one attached hydrogen (secondary N) is 1. The number of fused-ring (bicyclic) bond motifs is 8. The van der Waals surface area contributed by atoms with E-state index in [-0.39, 0.29) is 17.5 Å². The largest absolute Gasteiger partial charge is 0.354 e. The van der Waals surface area contributed by atoms with Crippen molar-refractivity contribution >= 4 is 34.6 Å². The number of benzene rings is 3. The van der Waals surface area contributed by atoms with Crippen LogP contribution in [0.25, 0.3) is 11.4 Å². The number of carbonyl (C=O) groups excluding carboxylic acids is 3. The average Bonchev–Trinajstić information content (AvgIpc) is 3.37. The maximum Gasteiger partial charge on any atom is 0.246 e. The van der Waals surface area contributed by atoms with Crippen molar-refractivity contribution in [1.82, 2.24) is 5.32 Å². The van der Waals surface area contributed by atoms with Crippen LogP contribution in [0.1, 0.15) is 37.4 Å². The molecule has 1 N–H and O–H groups in total. The zero-order valence-electron chi connectivity index (χ0n) is 17.1. The van der Waals surface area contributed by atoms with E-state index in [1.165, 1.54) is 0 Å². The molecule has 0 saturated heterocycles. The fourth-order valence-corrected chi connectivity index (χ4v) is 5.83. The van der Waals surface area contributed by atoms with E-state index in [0.29, 0.717) is 44.9 Å². The number of rotatable bonds is 0. The highest BCUT2D eigenvalue weighted by Gasteiger charge is 2.64. The lowest BCUT2D eigenvalue weighted by Gasteiger charge is -2.35. The van der Waals surface area contributed by atoms with Crippen LogP contribution in [0.2, 0.25) is 0 Å². The lowest BCUT2D eigenvalue weighted by atomic mass is 9.65. The smallest absolute Gasteiger partial charge is 0.246 e. The second kappa shape index (κ2) is 5.51. The molecule has 0 aromatic heterocycles. The van der Waals surface area contributed by atoms with Crippen LogP contribution in [0.5, 0.6) is 0 Å². The van der Waals surface area contributed by atoms with Crippen molar-refractivity contribution in [2.24, 2.45) is 0 Å². The average molecular weight is 416 g/mol. The van der Waals surface area contributed by atoms with Gasteiger partial charge in [-0.1, -0.05) is 66.7 Å². The van der Waals surface area contributed by atoms with Crippen LogP contribution in [0, 0.1) is 0 Å². The molecule has 0 atom stereocenters. The third kappa shape index (κ3) is 1.69. The van der Waals surface area contributed by atoms with Gasteiger partial charge >= 0.3 is 0 Å². The van der Waals surface area contributed by atoms with Gasteiger partial charge in [-0.2, -0.15) is 0 Å². The Labute approximate surface area is 183 Å². The maximum atomic E-state index is 14.1. The van der Waals surface area contributed by atoms with Crippen molar-refractivity contribution in [3.8, 4) is 0 Å². The Bertz CT molecular complexity index is 1450. The van der Waals surface area contributed by atoms with E-state index in [9.17, 15) is 14.4 Å². The normalized spacial score (nSPS) is 19.2. The van der Waals surface area contributed by atoms with E-state index in [1.54, 1.807) is 24.1 Å². The van der Waals surface area contributed by atoms with E-state index >= 15 is 0 Å². The first kappa shape index (κ1) is 17.4. The second-order valence-corrected chi connectivity index (χ2v) is 8.51. The summed E-state index contributed by atoms with van der Waals surface area (Å²) in [6, 6.07) is 22.2. The van der Waals surface area contributed by atoms with Gasteiger partial charge < -0.3 is 10.2 Å². The predicted molar refractivity (Wildman–Crippen MR) is 120 cm³/mol. The van der Waals surface area contributed by atoms with Crippen molar-refractivity contribution in [3.63, 3.8) is 0 Å². The van der Waals surface area contributed by atoms with Crippen molar-refractivity contribution in [2.75, 3.05) is 11.9 Å². The molecule has 2 heterocycles. The monoisotopic (exact) mass is 416 g/mol. The number of hydrogen-bond acceptors (Lipinski definition) is 4. The van der Waals surface area contributed by atoms with Crippen molar-refractivity contribution in [1.29, 1.82) is 0 Å². The fraction of sp³-hybridized carbons (Fsp3) is 0.0741. The number of likely N-dealkylation sites (N-methyl/N-ethyl adjacent to an activating group) is 1. The van der Waals surface area contributed by atoms with E-state index in [2.05, 4.69) is 5.32 Å². The number of hydrogen-bond donors (Lipinski definition) is 1. The Morgan fingerprint density at radius 2 is 1.12 bits per heavy atom. The van der Waals surface area contributed by atoms with Crippen LogP contribution in [0.4, 0.5) is 5.69 Å². The zero-order valence-corrected chi connectivity index (χ0v) is 17.1. The van der Waals surface area contributed by atoms with Crippen LogP contribution in [-0.4, -0.2) is 24.5 Å². The molecule has 0 fully saturated rings. The number of dihydropyridines is 1. The molecule has 3 aromatic rings. The summed E-state index contributed by atoms with van der Waals surface area (Å²) >= 11 is 0. The second-order valence-electron chi connectivity index (χ2n) is 8.51. The Hall–Kier alpha value is -4.25. The quantitative estimate of drug-likeness (QED) is 0.607. The first-order valence-corrected chi connectivity index (χ1v) is 10.5. The summed E-state index contributed by atoms with van der Waals surface area (Å²) < 4.78 is 0. The van der Waals surface area contributed by atoms with Gasteiger partial charge in [0.1, 0.15) is 5.41 Å². The minimum Gasteiger partial charge on any atom is -0.354 e. The Morgan fingerprint density at radius 3 is 1.69 bits per heavy atom. The highest BCUT2D eigenvalue weighted by molar-refractivity contribution is 6.37. The lowest BCUT2D eigenvalue weighted by molar-refractivity contribution is -0.120. The molecule has 0 saturated carbocycles. The first-order chi connectivity index (χ1) is 15.6. The van der Waals surface area contributed by atoms with Crippen LogP contribution in [0.15, 0.2) is 83.9 Å². The Kier molecular flexibility index (Phi) is 3.00. The molecule has 1 amide bonds. The summed E-state index contributed by atoms with van der Waals surface area (Å²) in [5.41, 5.74) is 4.46. The molecule has 1 spiro atoms. The van der Waals surface area contributed by atoms with Gasteiger partial charge in [-0.25, -0.2) is 0 Å². The highest BCUT2D eigenvalue weighted by Crippen LogP contribution is 2.59. The van der Waals surface area contributed by atoms with Gasteiger partial charge in [-0.15, -0.1) is 0 Å². The van der Waals surface area contributed by atoms with Gasteiger partial charge in [0.2, 0.25) is 5.91 Å². The number of ketones is 2. The Morgan fingerprint density at radius 1 is 0.656 bits per heavy atom. The number of anilines is 1. The topological polar surface area (TPSA) is 66.5 Å². The van der Waals surface area contributed by atoms with Gasteiger partial charge in [-0.3, -0.25) is 14.4 Å². The molecule has 7 rings (SSSR count). The molecule has 0 unspecified atom stereocenters. The number of Topliss-reactive ketones (excluding diaryl/α,β-unsaturated/α-hetero) is 2. The van der Waals surface area contributed by atoms with E-state index in [4.69, 9.17) is 0 Å². The summed E-state index contributed by atoms with van der Waals surface area (Å²) in [6.07, 6.45) is 0. The third-order valence-electron chi connectivity index (χ3n) is 7.13. The van der Waals surface area contributed by atoms with E-state index in [1.807, 2.05) is 60.7 Å². The molecule has 2 aliphatic carbocycles. The number of para-hydroxylation sites is 1. The van der Waals surface area contributed by atoms with Gasteiger partial charge in [-0.05, 0) is 6.07 Å². The van der Waals surface area contributed by atoms with Gasteiger partial charge in [0.05, 0.1) is 11.4 Å². The standard InChI is InChI=1S/C27H16N2O3/c1-29-19-13-7-6-12-18(19)27(26(29)32)20-22(14-8-2-4-10-16(14)24(20)30)28-23-15-9-3-5-11-17(15)25(31)21(23)27/h2-13,28H,1H3. The molecule has 4 aliphatic rings. The molecular weight excluding hydrogens is 400 g/mol. The molecule has 32 heavy (non-hydrogen) atoms. The van der Waals surface area contributed by atoms with Gasteiger partial charge in [0.25, 0.3) is 0 Å². The molecule has 5 heteroatoms. The van der Waals surface area contributed by atoms with Crippen molar-refractivity contribution in [3.05, 3.63) is 112 Å². The van der Waals surface area contributed by atoms with Crippen molar-refractivity contribution in [2.45, 2.75) is 5.41 Å². The third-order valence-corrected chi connectivity index (χ3v) is 7.13. The molecular formula is C27H16N2O3. The van der Waals surface area contributed by atoms with Gasteiger partial charge in [0, 0.05) is 51.7 Å². The Balaban J connectivity index is 1.65. The SMILES string of the molecule is CN1C(=O)C2(C3=C(NC4=C2C(=O)c2ccccc24)c2ccccc2C3=O)c2ccccc21. The number of amides is 1. The van der Waals surface area contributed by atoms with Crippen LogP contribution >= 0.6 is 0 Å². The molecule has 2 aliphatic heterocycles. The molecule has 152 valence electrons. The predicted octanol–water partition coefficient (Wildman–Crippen LogP) is 3.72. The maximum absolute atomic E-state index is 14.1. The number of nitrogens with zero attached hydrogens (tertiary/aromatic N) is 1. The van der Waals surface area contributed by atoms with Crippen LogP contribution in [-0.2, 0) is 10.2 Å². The number of carbonyl (C=O) groups is 3. The minimum atomic E-state index is -1.48. The van der Waals surface area contributed by atoms with Crippen LogP contribution in [0.3, 0.4) is 0 Å². The highest BCUT2D eigenvalue weighted by atomic mass is 16.2. The van der Waals surface area contributed by atoms with Crippen molar-refractivity contribution < 1.29 is 14.4 Å². The fourth-order valence-electron chi connectivity index (χ4n) is 5.83. The summed E-state index contributed by atoms with van der Waals surface area (Å²) in [5, 5.41) is 3.41. The molecule has 0 radical (unpaired) electrons.